The summed E-state index contributed by atoms with van der Waals surface area (Å²) < 4.78 is 1.15. The van der Waals surface area contributed by atoms with E-state index in [1.165, 1.54) is 16.8 Å². The Hall–Kier alpha value is -1.32. The van der Waals surface area contributed by atoms with Crippen molar-refractivity contribution in [1.82, 2.24) is 0 Å². The number of hydrogen-bond acceptors (Lipinski definition) is 2. The molecule has 0 bridgehead atoms. The Balaban J connectivity index is 2.19. The van der Waals surface area contributed by atoms with Gasteiger partial charge in [-0.15, -0.1) is 0 Å². The molecule has 0 heterocycles. The summed E-state index contributed by atoms with van der Waals surface area (Å²) in [5.41, 5.74) is 9.99. The van der Waals surface area contributed by atoms with E-state index < -0.39 is 0 Å². The van der Waals surface area contributed by atoms with Crippen molar-refractivity contribution in [3.63, 3.8) is 0 Å². The summed E-state index contributed by atoms with van der Waals surface area (Å²) in [6.07, 6.45) is 1.93. The lowest BCUT2D eigenvalue weighted by Crippen LogP contribution is -2.24. The summed E-state index contributed by atoms with van der Waals surface area (Å²) in [4.78, 5) is 2.29. The molecular weight excluding hydrogens is 324 g/mol. The first-order valence-electron chi connectivity index (χ1n) is 7.39. The molecule has 0 saturated carbocycles. The maximum Gasteiger partial charge on any atom is 0.0437 e. The van der Waals surface area contributed by atoms with Gasteiger partial charge in [-0.3, -0.25) is 0 Å². The minimum atomic E-state index is 0.225. The molecule has 3 heteroatoms. The number of nitrogens with two attached hydrogens (primary N) is 1. The Labute approximate surface area is 136 Å². The Morgan fingerprint density at radius 3 is 2.33 bits per heavy atom. The number of anilines is 1. The van der Waals surface area contributed by atoms with Crippen LogP contribution in [0.3, 0.4) is 0 Å². The van der Waals surface area contributed by atoms with Gasteiger partial charge in [-0.2, -0.15) is 0 Å². The van der Waals surface area contributed by atoms with Gasteiger partial charge in [0.05, 0.1) is 0 Å². The number of benzene rings is 2. The second kappa shape index (κ2) is 7.62. The first-order valence-corrected chi connectivity index (χ1v) is 8.19. The second-order valence-electron chi connectivity index (χ2n) is 5.45. The monoisotopic (exact) mass is 346 g/mol. The highest BCUT2D eigenvalue weighted by Crippen LogP contribution is 2.25. The SMILES string of the molecule is CCC(N)Cc1ccccc1N(C)Cc1ccccc1Br. The molecule has 2 rings (SSSR count). The van der Waals surface area contributed by atoms with E-state index in [0.29, 0.717) is 0 Å². The molecule has 0 aliphatic carbocycles. The fourth-order valence-electron chi connectivity index (χ4n) is 2.45. The van der Waals surface area contributed by atoms with Crippen LogP contribution >= 0.6 is 15.9 Å². The number of hydrogen-bond donors (Lipinski definition) is 1. The highest BCUT2D eigenvalue weighted by Gasteiger charge is 2.11. The molecule has 0 aromatic heterocycles. The van der Waals surface area contributed by atoms with Gasteiger partial charge in [0.15, 0.2) is 0 Å². The van der Waals surface area contributed by atoms with Crippen molar-refractivity contribution in [2.45, 2.75) is 32.4 Å². The number of rotatable bonds is 6. The highest BCUT2D eigenvalue weighted by molar-refractivity contribution is 9.10. The normalized spacial score (nSPS) is 12.2. The standard InChI is InChI=1S/C18H23BrN2/c1-3-16(20)12-14-8-5-7-11-18(14)21(2)13-15-9-4-6-10-17(15)19/h4-11,16H,3,12-13,20H2,1-2H3. The van der Waals surface area contributed by atoms with Crippen LogP contribution in [0.4, 0.5) is 5.69 Å². The predicted octanol–water partition coefficient (Wildman–Crippen LogP) is 4.37. The molecule has 112 valence electrons. The minimum absolute atomic E-state index is 0.225. The van der Waals surface area contributed by atoms with Gasteiger partial charge in [-0.25, -0.2) is 0 Å². The van der Waals surface area contributed by atoms with E-state index in [2.05, 4.69) is 77.3 Å². The Morgan fingerprint density at radius 2 is 1.67 bits per heavy atom. The van der Waals surface area contributed by atoms with E-state index in [9.17, 15) is 0 Å². The van der Waals surface area contributed by atoms with Gasteiger partial charge in [0, 0.05) is 29.8 Å². The average molecular weight is 347 g/mol. The smallest absolute Gasteiger partial charge is 0.0437 e. The van der Waals surface area contributed by atoms with Gasteiger partial charge in [-0.1, -0.05) is 59.3 Å². The lowest BCUT2D eigenvalue weighted by Gasteiger charge is -2.24. The second-order valence-corrected chi connectivity index (χ2v) is 6.30. The van der Waals surface area contributed by atoms with Crippen LogP contribution in [0.2, 0.25) is 0 Å². The van der Waals surface area contributed by atoms with Gasteiger partial charge in [0.2, 0.25) is 0 Å². The summed E-state index contributed by atoms with van der Waals surface area (Å²) in [5.74, 6) is 0. The third-order valence-corrected chi connectivity index (χ3v) is 4.55. The van der Waals surface area contributed by atoms with Crippen LogP contribution in [0.25, 0.3) is 0 Å². The minimum Gasteiger partial charge on any atom is -0.370 e. The Morgan fingerprint density at radius 1 is 1.05 bits per heavy atom. The molecule has 0 saturated heterocycles. The van der Waals surface area contributed by atoms with Crippen LogP contribution in [-0.4, -0.2) is 13.1 Å². The van der Waals surface area contributed by atoms with Crippen LogP contribution < -0.4 is 10.6 Å². The zero-order chi connectivity index (χ0) is 15.2. The summed E-state index contributed by atoms with van der Waals surface area (Å²) in [6.45, 7) is 3.01. The molecular formula is C18H23BrN2. The molecule has 1 atom stereocenters. The lowest BCUT2D eigenvalue weighted by atomic mass is 10.0. The molecule has 1 unspecified atom stereocenters. The van der Waals surface area contributed by atoms with Gasteiger partial charge < -0.3 is 10.6 Å². The van der Waals surface area contributed by atoms with Crippen molar-refractivity contribution in [2.75, 3.05) is 11.9 Å². The molecule has 0 aliphatic rings. The maximum atomic E-state index is 6.12. The molecule has 0 aliphatic heterocycles. The fourth-order valence-corrected chi connectivity index (χ4v) is 2.86. The van der Waals surface area contributed by atoms with Crippen molar-refractivity contribution in [1.29, 1.82) is 0 Å². The van der Waals surface area contributed by atoms with Crippen LogP contribution in [0.5, 0.6) is 0 Å². The van der Waals surface area contributed by atoms with E-state index in [1.54, 1.807) is 0 Å². The summed E-state index contributed by atoms with van der Waals surface area (Å²) in [7, 11) is 2.13. The van der Waals surface area contributed by atoms with Crippen LogP contribution in [0.15, 0.2) is 53.0 Å². The molecule has 0 radical (unpaired) electrons. The maximum absolute atomic E-state index is 6.12. The number of nitrogens with zero attached hydrogens (tertiary/aromatic N) is 1. The van der Waals surface area contributed by atoms with E-state index in [1.807, 2.05) is 6.07 Å². The van der Waals surface area contributed by atoms with Crippen molar-refractivity contribution in [2.24, 2.45) is 5.73 Å². The zero-order valence-electron chi connectivity index (χ0n) is 12.7. The van der Waals surface area contributed by atoms with Crippen LogP contribution in [-0.2, 0) is 13.0 Å². The highest BCUT2D eigenvalue weighted by atomic mass is 79.9. The van der Waals surface area contributed by atoms with E-state index in [0.717, 1.165) is 23.9 Å². The number of halogens is 1. The largest absolute Gasteiger partial charge is 0.370 e. The third-order valence-electron chi connectivity index (χ3n) is 3.77. The van der Waals surface area contributed by atoms with Crippen molar-refractivity contribution < 1.29 is 0 Å². The molecule has 2 aromatic rings. The molecule has 2 nitrogen and oxygen atoms in total. The third kappa shape index (κ3) is 4.32. The molecule has 0 spiro atoms. The summed E-state index contributed by atoms with van der Waals surface area (Å²) in [6, 6.07) is 17.1. The quantitative estimate of drug-likeness (QED) is 0.841. The first-order chi connectivity index (χ1) is 10.1. The molecule has 2 N–H and O–H groups in total. The van der Waals surface area contributed by atoms with Gasteiger partial charge in [0.25, 0.3) is 0 Å². The predicted molar refractivity (Wildman–Crippen MR) is 94.7 cm³/mol. The van der Waals surface area contributed by atoms with E-state index >= 15 is 0 Å². The molecule has 21 heavy (non-hydrogen) atoms. The Kier molecular flexibility index (Phi) is 5.83. The average Bonchev–Trinajstić information content (AvgIpc) is 2.50. The lowest BCUT2D eigenvalue weighted by molar-refractivity contribution is 0.645. The fraction of sp³-hybridized carbons (Fsp3) is 0.333. The van der Waals surface area contributed by atoms with Gasteiger partial charge in [-0.05, 0) is 36.1 Å². The van der Waals surface area contributed by atoms with Gasteiger partial charge >= 0.3 is 0 Å². The number of para-hydroxylation sites is 1. The Bertz CT molecular complexity index is 583. The van der Waals surface area contributed by atoms with Crippen molar-refractivity contribution >= 4 is 21.6 Å². The molecule has 0 fully saturated rings. The zero-order valence-corrected chi connectivity index (χ0v) is 14.3. The molecule has 0 amide bonds. The van der Waals surface area contributed by atoms with Crippen LogP contribution in [0.1, 0.15) is 24.5 Å². The first kappa shape index (κ1) is 16.1. The van der Waals surface area contributed by atoms with E-state index in [4.69, 9.17) is 5.73 Å². The van der Waals surface area contributed by atoms with Crippen LogP contribution in [0, 0.1) is 0 Å². The van der Waals surface area contributed by atoms with Crippen molar-refractivity contribution in [3.8, 4) is 0 Å². The van der Waals surface area contributed by atoms with Gasteiger partial charge in [0.1, 0.15) is 0 Å². The van der Waals surface area contributed by atoms with E-state index in [-0.39, 0.29) is 6.04 Å². The summed E-state index contributed by atoms with van der Waals surface area (Å²) in [5, 5.41) is 0. The van der Waals surface area contributed by atoms with Crippen molar-refractivity contribution in [3.05, 3.63) is 64.1 Å². The molecule has 2 aromatic carbocycles. The topological polar surface area (TPSA) is 29.3 Å². The summed E-state index contributed by atoms with van der Waals surface area (Å²) >= 11 is 3.62.